The van der Waals surface area contributed by atoms with Gasteiger partial charge in [-0.25, -0.2) is 4.79 Å². The van der Waals surface area contributed by atoms with Crippen molar-refractivity contribution in [2.24, 2.45) is 0 Å². The first kappa shape index (κ1) is 26.9. The molecule has 1 amide bonds. The van der Waals surface area contributed by atoms with E-state index >= 15 is 0 Å². The molecule has 2 N–H and O–H groups in total. The van der Waals surface area contributed by atoms with Gasteiger partial charge in [0.2, 0.25) is 5.91 Å². The molecule has 4 aromatic rings. The lowest BCUT2D eigenvalue weighted by molar-refractivity contribution is -0.116. The Morgan fingerprint density at radius 2 is 1.77 bits per heavy atom. The average molecular weight is 556 g/mol. The van der Waals surface area contributed by atoms with Crippen molar-refractivity contribution in [1.82, 2.24) is 19.8 Å². The van der Waals surface area contributed by atoms with E-state index in [0.717, 1.165) is 11.4 Å². The van der Waals surface area contributed by atoms with Crippen molar-refractivity contribution >= 4 is 34.9 Å². The number of para-hydroxylation sites is 3. The summed E-state index contributed by atoms with van der Waals surface area (Å²) in [5.41, 5.74) is 3.41. The third kappa shape index (κ3) is 5.39. The van der Waals surface area contributed by atoms with E-state index in [0.29, 0.717) is 34.3 Å². The summed E-state index contributed by atoms with van der Waals surface area (Å²) >= 11 is 5.79. The highest BCUT2D eigenvalue weighted by Gasteiger charge is 2.41. The molecule has 5 rings (SSSR count). The molecule has 1 aliphatic rings. The molecule has 2 atom stereocenters. The Kier molecular flexibility index (Phi) is 8.07. The van der Waals surface area contributed by atoms with E-state index in [1.54, 1.807) is 37.6 Å². The molecule has 2 aromatic carbocycles. The normalized spacial score (nSPS) is 16.4. The van der Waals surface area contributed by atoms with Crippen molar-refractivity contribution in [3.05, 3.63) is 108 Å². The molecule has 1 saturated heterocycles. The Labute approximate surface area is 237 Å². The maximum atomic E-state index is 13.0. The van der Waals surface area contributed by atoms with Gasteiger partial charge in [0.15, 0.2) is 5.11 Å². The van der Waals surface area contributed by atoms with Gasteiger partial charge in [0.1, 0.15) is 5.75 Å². The number of carbonyl (C=O) groups excluding carboxylic acids is 2. The highest BCUT2D eigenvalue weighted by Crippen LogP contribution is 2.40. The van der Waals surface area contributed by atoms with Crippen LogP contribution < -0.4 is 15.4 Å². The zero-order valence-corrected chi connectivity index (χ0v) is 22.9. The fraction of sp³-hybridized carbons (Fsp3) is 0.200. The fourth-order valence-electron chi connectivity index (χ4n) is 4.97. The molecule has 10 heteroatoms. The van der Waals surface area contributed by atoms with Crippen LogP contribution in [0.25, 0.3) is 5.69 Å². The number of methoxy groups -OCH3 is 2. The number of carbonyl (C=O) groups is 2. The Balaban J connectivity index is 1.48. The summed E-state index contributed by atoms with van der Waals surface area (Å²) in [5.74, 6) is -0.00961. The van der Waals surface area contributed by atoms with Crippen LogP contribution in [0.15, 0.2) is 91.3 Å². The number of amides is 1. The number of pyridine rings is 1. The molecule has 1 aliphatic heterocycles. The monoisotopic (exact) mass is 555 g/mol. The number of nitrogens with one attached hydrogen (secondary N) is 2. The van der Waals surface area contributed by atoms with Gasteiger partial charge in [0, 0.05) is 31.1 Å². The summed E-state index contributed by atoms with van der Waals surface area (Å²) in [5, 5.41) is 6.86. The van der Waals surface area contributed by atoms with Crippen molar-refractivity contribution in [1.29, 1.82) is 0 Å². The predicted molar refractivity (Wildman–Crippen MR) is 156 cm³/mol. The van der Waals surface area contributed by atoms with Gasteiger partial charge in [-0.3, -0.25) is 9.78 Å². The van der Waals surface area contributed by atoms with Crippen molar-refractivity contribution in [3.63, 3.8) is 0 Å². The third-order valence-corrected chi connectivity index (χ3v) is 7.16. The van der Waals surface area contributed by atoms with Gasteiger partial charge in [-0.1, -0.05) is 30.3 Å². The molecule has 2 aromatic heterocycles. The predicted octanol–water partition coefficient (Wildman–Crippen LogP) is 4.67. The van der Waals surface area contributed by atoms with Crippen LogP contribution in [0.2, 0.25) is 0 Å². The van der Waals surface area contributed by atoms with E-state index < -0.39 is 5.97 Å². The minimum Gasteiger partial charge on any atom is -0.495 e. The SMILES string of the molecule is COC(=O)c1ccccc1-n1cccc1[C@@H]1[C@@H](c2ccccn2)NC(=S)N1CCC(=O)Nc1ccccc1OC. The topological polar surface area (TPSA) is 97.7 Å². The van der Waals surface area contributed by atoms with Crippen LogP contribution in [0.4, 0.5) is 5.69 Å². The van der Waals surface area contributed by atoms with E-state index in [4.69, 9.17) is 21.7 Å². The molecule has 204 valence electrons. The van der Waals surface area contributed by atoms with Gasteiger partial charge < -0.3 is 29.6 Å². The molecule has 3 heterocycles. The van der Waals surface area contributed by atoms with E-state index in [1.165, 1.54) is 7.11 Å². The summed E-state index contributed by atoms with van der Waals surface area (Å²) in [6, 6.07) is 23.6. The van der Waals surface area contributed by atoms with Gasteiger partial charge in [-0.2, -0.15) is 0 Å². The summed E-state index contributed by atoms with van der Waals surface area (Å²) in [7, 11) is 2.93. The molecule has 1 fully saturated rings. The summed E-state index contributed by atoms with van der Waals surface area (Å²) in [4.78, 5) is 32.2. The van der Waals surface area contributed by atoms with Crippen molar-refractivity contribution < 1.29 is 19.1 Å². The van der Waals surface area contributed by atoms with Crippen LogP contribution in [-0.4, -0.2) is 52.2 Å². The fourth-order valence-corrected chi connectivity index (χ4v) is 5.30. The largest absolute Gasteiger partial charge is 0.495 e. The first-order valence-corrected chi connectivity index (χ1v) is 13.2. The summed E-state index contributed by atoms with van der Waals surface area (Å²) < 4.78 is 12.4. The van der Waals surface area contributed by atoms with Crippen LogP contribution in [0.5, 0.6) is 5.75 Å². The highest BCUT2D eigenvalue weighted by atomic mass is 32.1. The van der Waals surface area contributed by atoms with Crippen LogP contribution in [0.3, 0.4) is 0 Å². The molecule has 40 heavy (non-hydrogen) atoms. The van der Waals surface area contributed by atoms with Crippen LogP contribution >= 0.6 is 12.2 Å². The maximum absolute atomic E-state index is 13.0. The average Bonchev–Trinajstić information content (AvgIpc) is 3.60. The Bertz CT molecular complexity index is 1520. The van der Waals surface area contributed by atoms with Gasteiger partial charge in [0.05, 0.1) is 48.9 Å². The molecule has 0 aliphatic carbocycles. The molecular formula is C30H29N5O4S. The number of nitrogens with zero attached hydrogens (tertiary/aromatic N) is 3. The first-order chi connectivity index (χ1) is 19.5. The number of hydrogen-bond acceptors (Lipinski definition) is 6. The second kappa shape index (κ2) is 12.0. The Hall–Kier alpha value is -4.70. The quantitative estimate of drug-likeness (QED) is 0.227. The van der Waals surface area contributed by atoms with Gasteiger partial charge in [0.25, 0.3) is 0 Å². The zero-order valence-electron chi connectivity index (χ0n) is 22.1. The second-order valence-electron chi connectivity index (χ2n) is 9.13. The zero-order chi connectivity index (χ0) is 28.1. The number of ether oxygens (including phenoxy) is 2. The van der Waals surface area contributed by atoms with Gasteiger partial charge in [-0.05, 0) is 60.7 Å². The molecule has 0 unspecified atom stereocenters. The maximum Gasteiger partial charge on any atom is 0.339 e. The standard InChI is InChI=1S/C30H29N5O4S/c1-38-25-15-6-4-11-21(25)32-26(36)16-19-35-28(27(33-30(35)40)22-12-7-8-17-31-22)24-14-9-18-34(24)23-13-5-3-10-20(23)29(37)39-2/h3-15,17-18,27-28H,16,19H2,1-2H3,(H,32,36)(H,33,40)/t27-,28-/m1/s1. The van der Waals surface area contributed by atoms with E-state index in [-0.39, 0.29) is 24.4 Å². The number of hydrogen-bond donors (Lipinski definition) is 2. The Morgan fingerprint density at radius 3 is 2.55 bits per heavy atom. The van der Waals surface area contributed by atoms with E-state index in [9.17, 15) is 9.59 Å². The lowest BCUT2D eigenvalue weighted by Crippen LogP contribution is -2.33. The number of esters is 1. The number of benzene rings is 2. The van der Waals surface area contributed by atoms with Crippen LogP contribution in [-0.2, 0) is 9.53 Å². The van der Waals surface area contributed by atoms with Gasteiger partial charge in [-0.15, -0.1) is 0 Å². The van der Waals surface area contributed by atoms with Crippen LogP contribution in [0, 0.1) is 0 Å². The lowest BCUT2D eigenvalue weighted by atomic mass is 10.0. The molecule has 0 radical (unpaired) electrons. The van der Waals surface area contributed by atoms with Crippen molar-refractivity contribution in [2.45, 2.75) is 18.5 Å². The molecular weight excluding hydrogens is 526 g/mol. The smallest absolute Gasteiger partial charge is 0.339 e. The molecule has 0 saturated carbocycles. The lowest BCUT2D eigenvalue weighted by Gasteiger charge is -2.29. The van der Waals surface area contributed by atoms with Crippen molar-refractivity contribution in [3.8, 4) is 11.4 Å². The minimum atomic E-state index is -0.429. The van der Waals surface area contributed by atoms with Gasteiger partial charge >= 0.3 is 5.97 Å². The third-order valence-electron chi connectivity index (χ3n) is 6.81. The van der Waals surface area contributed by atoms with E-state index in [2.05, 4.69) is 15.6 Å². The molecule has 9 nitrogen and oxygen atoms in total. The highest BCUT2D eigenvalue weighted by molar-refractivity contribution is 7.80. The second-order valence-corrected chi connectivity index (χ2v) is 9.52. The number of thiocarbonyl (C=S) groups is 1. The molecule has 0 spiro atoms. The summed E-state index contributed by atoms with van der Waals surface area (Å²) in [6.45, 7) is 0.352. The Morgan fingerprint density at radius 1 is 1.00 bits per heavy atom. The molecule has 0 bridgehead atoms. The number of aromatic nitrogens is 2. The summed E-state index contributed by atoms with van der Waals surface area (Å²) in [6.07, 6.45) is 3.83. The number of anilines is 1. The number of rotatable bonds is 9. The first-order valence-electron chi connectivity index (χ1n) is 12.8. The van der Waals surface area contributed by atoms with E-state index in [1.807, 2.05) is 70.3 Å². The van der Waals surface area contributed by atoms with Crippen LogP contribution in [0.1, 0.15) is 40.3 Å². The van der Waals surface area contributed by atoms with Crippen molar-refractivity contribution in [2.75, 3.05) is 26.1 Å². The minimum absolute atomic E-state index is 0.168.